The molecular weight excluding hydrogens is 326 g/mol. The van der Waals surface area contributed by atoms with Crippen LogP contribution >= 0.6 is 22.6 Å². The van der Waals surface area contributed by atoms with Crippen molar-refractivity contribution in [2.75, 3.05) is 7.11 Å². The Morgan fingerprint density at radius 3 is 2.67 bits per heavy atom. The number of methoxy groups -OCH3 is 1. The zero-order valence-electron chi connectivity index (χ0n) is 7.43. The Labute approximate surface area is 96.8 Å². The fraction of sp³-hybridized carbons (Fsp3) is 0.250. The van der Waals surface area contributed by atoms with Crippen LogP contribution in [0, 0.1) is 9.52 Å². The zero-order chi connectivity index (χ0) is 11.6. The van der Waals surface area contributed by atoms with Crippen LogP contribution in [0.2, 0.25) is 0 Å². The van der Waals surface area contributed by atoms with E-state index in [0.717, 1.165) is 13.3 Å². The maximum Gasteiger partial charge on any atom is 0.343 e. The number of ether oxygens (including phenoxy) is 1. The summed E-state index contributed by atoms with van der Waals surface area (Å²) in [5.41, 5.74) is -1.49. The Kier molecular flexibility index (Phi) is 3.89. The second-order valence-corrected chi connectivity index (χ2v) is 3.64. The van der Waals surface area contributed by atoms with Crippen molar-refractivity contribution in [3.63, 3.8) is 0 Å². The first kappa shape index (κ1) is 12.2. The molecule has 7 heteroatoms. The van der Waals surface area contributed by atoms with E-state index in [0.29, 0.717) is 0 Å². The summed E-state index contributed by atoms with van der Waals surface area (Å²) in [4.78, 5) is 14.3. The van der Waals surface area contributed by atoms with E-state index in [4.69, 9.17) is 0 Å². The third-order valence-electron chi connectivity index (χ3n) is 1.63. The molecule has 1 aromatic heterocycles. The van der Waals surface area contributed by atoms with Gasteiger partial charge >= 0.3 is 5.97 Å². The molecule has 0 aromatic carbocycles. The Bertz CT molecular complexity index is 398. The topological polar surface area (TPSA) is 39.2 Å². The lowest BCUT2D eigenvalue weighted by Gasteiger charge is -2.09. The van der Waals surface area contributed by atoms with Crippen molar-refractivity contribution in [1.29, 1.82) is 0 Å². The van der Waals surface area contributed by atoms with Crippen molar-refractivity contribution in [2.45, 2.75) is 6.43 Å². The standard InChI is InChI=1S/C8H5F3INO2/c1-15-8(14)5-4(6(9)10)3(12)2-13-7(5)11/h2,6H,1H3. The molecule has 0 atom stereocenters. The van der Waals surface area contributed by atoms with E-state index >= 15 is 0 Å². The molecule has 0 saturated carbocycles. The Morgan fingerprint density at radius 1 is 1.60 bits per heavy atom. The van der Waals surface area contributed by atoms with Gasteiger partial charge in [-0.25, -0.2) is 18.6 Å². The van der Waals surface area contributed by atoms with Crippen LogP contribution in [0.15, 0.2) is 6.20 Å². The molecule has 0 fully saturated rings. The van der Waals surface area contributed by atoms with Crippen molar-refractivity contribution in [1.82, 2.24) is 4.98 Å². The van der Waals surface area contributed by atoms with Gasteiger partial charge in [0.1, 0.15) is 5.56 Å². The number of esters is 1. The second kappa shape index (κ2) is 4.77. The molecule has 0 radical (unpaired) electrons. The summed E-state index contributed by atoms with van der Waals surface area (Å²) in [6.45, 7) is 0. The molecule has 1 heterocycles. The number of aromatic nitrogens is 1. The molecule has 0 N–H and O–H groups in total. The van der Waals surface area contributed by atoms with Gasteiger partial charge in [0.25, 0.3) is 6.43 Å². The summed E-state index contributed by atoms with van der Waals surface area (Å²) in [5, 5.41) is 0. The van der Waals surface area contributed by atoms with Crippen LogP contribution in [0.4, 0.5) is 13.2 Å². The third-order valence-corrected chi connectivity index (χ3v) is 2.49. The summed E-state index contributed by atoms with van der Waals surface area (Å²) in [6.07, 6.45) is -2.02. The van der Waals surface area contributed by atoms with Crippen molar-refractivity contribution < 1.29 is 22.7 Å². The number of carbonyl (C=O) groups excluding carboxylic acids is 1. The average Bonchev–Trinajstić information content (AvgIpc) is 2.19. The Balaban J connectivity index is 3.45. The van der Waals surface area contributed by atoms with Crippen LogP contribution in [0.1, 0.15) is 22.3 Å². The fourth-order valence-electron chi connectivity index (χ4n) is 0.988. The van der Waals surface area contributed by atoms with Crippen molar-refractivity contribution in [3.8, 4) is 0 Å². The predicted octanol–water partition coefficient (Wildman–Crippen LogP) is 2.55. The number of halogens is 4. The van der Waals surface area contributed by atoms with Gasteiger partial charge in [-0.3, -0.25) is 0 Å². The number of hydrogen-bond acceptors (Lipinski definition) is 3. The SMILES string of the molecule is COC(=O)c1c(F)ncc(I)c1C(F)F. The van der Waals surface area contributed by atoms with Gasteiger partial charge in [0, 0.05) is 9.77 Å². The summed E-state index contributed by atoms with van der Waals surface area (Å²) in [5.74, 6) is -2.41. The lowest BCUT2D eigenvalue weighted by Crippen LogP contribution is -2.12. The number of alkyl halides is 2. The third kappa shape index (κ3) is 2.39. The molecule has 0 unspecified atom stereocenters. The molecule has 1 aromatic rings. The van der Waals surface area contributed by atoms with E-state index in [9.17, 15) is 18.0 Å². The Morgan fingerprint density at radius 2 is 2.20 bits per heavy atom. The number of rotatable bonds is 2. The summed E-state index contributed by atoms with van der Waals surface area (Å²) in [7, 11) is 0.983. The van der Waals surface area contributed by atoms with Gasteiger partial charge in [-0.15, -0.1) is 0 Å². The normalized spacial score (nSPS) is 10.5. The van der Waals surface area contributed by atoms with Gasteiger partial charge < -0.3 is 4.74 Å². The highest BCUT2D eigenvalue weighted by molar-refractivity contribution is 14.1. The van der Waals surface area contributed by atoms with E-state index in [1.54, 1.807) is 22.6 Å². The highest BCUT2D eigenvalue weighted by atomic mass is 127. The molecule has 0 aliphatic heterocycles. The van der Waals surface area contributed by atoms with Gasteiger partial charge in [0.2, 0.25) is 5.95 Å². The highest BCUT2D eigenvalue weighted by Gasteiger charge is 2.26. The number of nitrogens with zero attached hydrogens (tertiary/aromatic N) is 1. The smallest absolute Gasteiger partial charge is 0.343 e. The zero-order valence-corrected chi connectivity index (χ0v) is 9.59. The minimum atomic E-state index is -2.96. The molecule has 0 aliphatic rings. The molecule has 0 saturated heterocycles. The first-order chi connectivity index (χ1) is 6.99. The summed E-state index contributed by atoms with van der Waals surface area (Å²) in [6, 6.07) is 0. The number of carbonyl (C=O) groups is 1. The van der Waals surface area contributed by atoms with Crippen LogP contribution in [0.5, 0.6) is 0 Å². The summed E-state index contributed by atoms with van der Waals surface area (Å²) >= 11 is 1.55. The monoisotopic (exact) mass is 331 g/mol. The van der Waals surface area contributed by atoms with E-state index in [2.05, 4.69) is 9.72 Å². The van der Waals surface area contributed by atoms with Crippen molar-refractivity contribution in [3.05, 3.63) is 26.8 Å². The minimum absolute atomic E-state index is 0.0180. The fourth-order valence-corrected chi connectivity index (χ4v) is 1.63. The lowest BCUT2D eigenvalue weighted by molar-refractivity contribution is 0.0581. The molecule has 3 nitrogen and oxygen atoms in total. The number of hydrogen-bond donors (Lipinski definition) is 0. The van der Waals surface area contributed by atoms with Gasteiger partial charge in [-0.1, -0.05) is 0 Å². The quantitative estimate of drug-likeness (QED) is 0.475. The molecule has 82 valence electrons. The molecule has 1 rings (SSSR count). The Hall–Kier alpha value is -0.860. The average molecular weight is 331 g/mol. The van der Waals surface area contributed by atoms with Crippen LogP contribution in [0.25, 0.3) is 0 Å². The maximum atomic E-state index is 13.1. The van der Waals surface area contributed by atoms with E-state index in [-0.39, 0.29) is 3.57 Å². The predicted molar refractivity (Wildman–Crippen MR) is 53.2 cm³/mol. The lowest BCUT2D eigenvalue weighted by atomic mass is 10.1. The van der Waals surface area contributed by atoms with Crippen LogP contribution in [0.3, 0.4) is 0 Å². The number of pyridine rings is 1. The van der Waals surface area contributed by atoms with Crippen LogP contribution < -0.4 is 0 Å². The second-order valence-electron chi connectivity index (χ2n) is 2.48. The highest BCUT2D eigenvalue weighted by Crippen LogP contribution is 2.29. The van der Waals surface area contributed by atoms with E-state index in [1.165, 1.54) is 0 Å². The first-order valence-electron chi connectivity index (χ1n) is 3.69. The molecule has 0 amide bonds. The molecular formula is C8H5F3INO2. The van der Waals surface area contributed by atoms with E-state index < -0.39 is 29.5 Å². The minimum Gasteiger partial charge on any atom is -0.465 e. The maximum absolute atomic E-state index is 13.1. The van der Waals surface area contributed by atoms with Gasteiger partial charge in [-0.05, 0) is 22.6 Å². The van der Waals surface area contributed by atoms with Crippen molar-refractivity contribution >= 4 is 28.6 Å². The van der Waals surface area contributed by atoms with Crippen LogP contribution in [-0.2, 0) is 4.74 Å². The molecule has 15 heavy (non-hydrogen) atoms. The van der Waals surface area contributed by atoms with E-state index in [1.807, 2.05) is 0 Å². The van der Waals surface area contributed by atoms with Crippen LogP contribution in [-0.4, -0.2) is 18.1 Å². The van der Waals surface area contributed by atoms with Gasteiger partial charge in [-0.2, -0.15) is 4.39 Å². The van der Waals surface area contributed by atoms with Gasteiger partial charge in [0.05, 0.1) is 12.7 Å². The molecule has 0 spiro atoms. The summed E-state index contributed by atoms with van der Waals surface area (Å²) < 4.78 is 42.4. The molecule has 0 aliphatic carbocycles. The van der Waals surface area contributed by atoms with Gasteiger partial charge in [0.15, 0.2) is 0 Å². The largest absolute Gasteiger partial charge is 0.465 e. The molecule has 0 bridgehead atoms. The first-order valence-corrected chi connectivity index (χ1v) is 4.77. The van der Waals surface area contributed by atoms with Crippen molar-refractivity contribution in [2.24, 2.45) is 0 Å².